The summed E-state index contributed by atoms with van der Waals surface area (Å²) in [5.74, 6) is 2.21. The van der Waals surface area contributed by atoms with Crippen LogP contribution in [0, 0.1) is 0 Å². The number of piperazine rings is 1. The number of carbonyl (C=O) groups is 1. The molecule has 1 saturated heterocycles. The van der Waals surface area contributed by atoms with Gasteiger partial charge in [0.15, 0.2) is 5.82 Å². The molecule has 1 aliphatic carbocycles. The van der Waals surface area contributed by atoms with Crippen molar-refractivity contribution >= 4 is 5.91 Å². The van der Waals surface area contributed by atoms with Crippen LogP contribution in [0.5, 0.6) is 0 Å². The van der Waals surface area contributed by atoms with E-state index in [9.17, 15) is 9.90 Å². The van der Waals surface area contributed by atoms with Gasteiger partial charge in [-0.05, 0) is 26.7 Å². The smallest absolute Gasteiger partial charge is 0.237 e. The maximum absolute atomic E-state index is 12.4. The van der Waals surface area contributed by atoms with Crippen molar-refractivity contribution in [3.63, 3.8) is 0 Å². The lowest BCUT2D eigenvalue weighted by molar-refractivity contribution is -0.130. The molecular formula is C17H29N5O2. The SMILES string of the molecule is CC(C)N1CCNC(=O)[C@H]1Cc1nc(C2CCCC2)nn1CCO. The lowest BCUT2D eigenvalue weighted by Gasteiger charge is -2.37. The van der Waals surface area contributed by atoms with Gasteiger partial charge in [0, 0.05) is 31.5 Å². The van der Waals surface area contributed by atoms with Crippen molar-refractivity contribution in [2.75, 3.05) is 19.7 Å². The first-order valence-electron chi connectivity index (χ1n) is 9.18. The van der Waals surface area contributed by atoms with E-state index in [0.29, 0.717) is 31.5 Å². The predicted octanol–water partition coefficient (Wildman–Crippen LogP) is 0.679. The predicted molar refractivity (Wildman–Crippen MR) is 90.7 cm³/mol. The standard InChI is InChI=1S/C17H29N5O2/c1-12(2)21-8-7-18-17(24)14(21)11-15-19-16(13-5-3-4-6-13)20-22(15)9-10-23/h12-14,23H,3-11H2,1-2H3,(H,18,24)/t14-/m1/s1. The van der Waals surface area contributed by atoms with Crippen LogP contribution in [0.25, 0.3) is 0 Å². The molecule has 0 spiro atoms. The summed E-state index contributed by atoms with van der Waals surface area (Å²) in [5, 5.41) is 16.9. The van der Waals surface area contributed by atoms with Crippen LogP contribution in [-0.2, 0) is 17.8 Å². The summed E-state index contributed by atoms with van der Waals surface area (Å²) < 4.78 is 1.80. The van der Waals surface area contributed by atoms with Crippen molar-refractivity contribution in [1.29, 1.82) is 0 Å². The van der Waals surface area contributed by atoms with Crippen LogP contribution in [0.2, 0.25) is 0 Å². The van der Waals surface area contributed by atoms with E-state index in [1.165, 1.54) is 12.8 Å². The number of hydrogen-bond donors (Lipinski definition) is 2. The lowest BCUT2D eigenvalue weighted by Crippen LogP contribution is -2.58. The number of aliphatic hydroxyl groups is 1. The second-order valence-corrected chi connectivity index (χ2v) is 7.16. The van der Waals surface area contributed by atoms with E-state index in [4.69, 9.17) is 4.98 Å². The molecule has 3 rings (SSSR count). The highest BCUT2D eigenvalue weighted by molar-refractivity contribution is 5.82. The van der Waals surface area contributed by atoms with Crippen LogP contribution in [0.4, 0.5) is 0 Å². The molecule has 7 nitrogen and oxygen atoms in total. The molecule has 1 aromatic heterocycles. The number of nitrogens with zero attached hydrogens (tertiary/aromatic N) is 4. The first kappa shape index (κ1) is 17.4. The van der Waals surface area contributed by atoms with Gasteiger partial charge in [-0.3, -0.25) is 9.69 Å². The molecule has 0 radical (unpaired) electrons. The van der Waals surface area contributed by atoms with Gasteiger partial charge in [0.25, 0.3) is 0 Å². The topological polar surface area (TPSA) is 83.3 Å². The molecule has 2 fully saturated rings. The van der Waals surface area contributed by atoms with Gasteiger partial charge in [-0.2, -0.15) is 5.10 Å². The molecule has 7 heteroatoms. The van der Waals surface area contributed by atoms with Crippen LogP contribution in [-0.4, -0.2) is 62.5 Å². The fraction of sp³-hybridized carbons (Fsp3) is 0.824. The minimum Gasteiger partial charge on any atom is -0.394 e. The van der Waals surface area contributed by atoms with E-state index in [1.807, 2.05) is 0 Å². The number of nitrogens with one attached hydrogen (secondary N) is 1. The summed E-state index contributed by atoms with van der Waals surface area (Å²) in [6, 6.07) is 0.0985. The number of aliphatic hydroxyl groups excluding tert-OH is 1. The molecule has 1 saturated carbocycles. The van der Waals surface area contributed by atoms with Crippen molar-refractivity contribution in [3.8, 4) is 0 Å². The minimum absolute atomic E-state index is 0.0330. The van der Waals surface area contributed by atoms with E-state index in [2.05, 4.69) is 29.2 Å². The Balaban J connectivity index is 1.82. The Labute approximate surface area is 143 Å². The molecule has 2 N–H and O–H groups in total. The molecule has 2 heterocycles. The Morgan fingerprint density at radius 2 is 2.08 bits per heavy atom. The normalized spacial score (nSPS) is 23.2. The number of rotatable bonds is 6. The third kappa shape index (κ3) is 3.62. The molecule has 0 aromatic carbocycles. The number of hydrogen-bond acceptors (Lipinski definition) is 5. The van der Waals surface area contributed by atoms with Crippen LogP contribution >= 0.6 is 0 Å². The Morgan fingerprint density at radius 1 is 1.33 bits per heavy atom. The highest BCUT2D eigenvalue weighted by Gasteiger charge is 2.33. The van der Waals surface area contributed by atoms with E-state index in [1.54, 1.807) is 4.68 Å². The maximum atomic E-state index is 12.4. The Kier molecular flexibility index (Phi) is 5.50. The van der Waals surface area contributed by atoms with Crippen molar-refractivity contribution in [2.24, 2.45) is 0 Å². The zero-order valence-corrected chi connectivity index (χ0v) is 14.7. The van der Waals surface area contributed by atoms with E-state index in [0.717, 1.165) is 31.0 Å². The number of amides is 1. The monoisotopic (exact) mass is 335 g/mol. The molecule has 1 aliphatic heterocycles. The largest absolute Gasteiger partial charge is 0.394 e. The lowest BCUT2D eigenvalue weighted by atomic mass is 10.1. The van der Waals surface area contributed by atoms with Crippen LogP contribution in [0.15, 0.2) is 0 Å². The van der Waals surface area contributed by atoms with Gasteiger partial charge in [0.05, 0.1) is 19.2 Å². The zero-order chi connectivity index (χ0) is 17.1. The molecule has 24 heavy (non-hydrogen) atoms. The third-order valence-corrected chi connectivity index (χ3v) is 5.21. The number of aromatic nitrogens is 3. The first-order chi connectivity index (χ1) is 11.6. The van der Waals surface area contributed by atoms with Gasteiger partial charge in [-0.25, -0.2) is 9.67 Å². The fourth-order valence-corrected chi connectivity index (χ4v) is 3.91. The van der Waals surface area contributed by atoms with Crippen LogP contribution < -0.4 is 5.32 Å². The van der Waals surface area contributed by atoms with E-state index < -0.39 is 0 Å². The second kappa shape index (κ2) is 7.61. The van der Waals surface area contributed by atoms with Gasteiger partial charge in [0.1, 0.15) is 5.82 Å². The average molecular weight is 335 g/mol. The van der Waals surface area contributed by atoms with E-state index in [-0.39, 0.29) is 18.6 Å². The summed E-state index contributed by atoms with van der Waals surface area (Å²) >= 11 is 0. The zero-order valence-electron chi connectivity index (χ0n) is 14.7. The third-order valence-electron chi connectivity index (χ3n) is 5.21. The van der Waals surface area contributed by atoms with Crippen LogP contribution in [0.3, 0.4) is 0 Å². The molecule has 2 aliphatic rings. The fourth-order valence-electron chi connectivity index (χ4n) is 3.91. The van der Waals surface area contributed by atoms with Crippen LogP contribution in [0.1, 0.15) is 57.1 Å². The summed E-state index contributed by atoms with van der Waals surface area (Å²) in [6.45, 7) is 6.26. The van der Waals surface area contributed by atoms with Crippen molar-refractivity contribution in [2.45, 2.75) is 70.5 Å². The minimum atomic E-state index is -0.211. The first-order valence-corrected chi connectivity index (χ1v) is 9.18. The van der Waals surface area contributed by atoms with Gasteiger partial charge in [0.2, 0.25) is 5.91 Å². The van der Waals surface area contributed by atoms with Gasteiger partial charge >= 0.3 is 0 Å². The van der Waals surface area contributed by atoms with Crippen molar-refractivity contribution in [3.05, 3.63) is 11.6 Å². The second-order valence-electron chi connectivity index (χ2n) is 7.16. The summed E-state index contributed by atoms with van der Waals surface area (Å²) in [5.41, 5.74) is 0. The molecule has 1 amide bonds. The highest BCUT2D eigenvalue weighted by atomic mass is 16.3. The summed E-state index contributed by atoms with van der Waals surface area (Å²) in [7, 11) is 0. The summed E-state index contributed by atoms with van der Waals surface area (Å²) in [4.78, 5) is 19.4. The van der Waals surface area contributed by atoms with Gasteiger partial charge in [-0.15, -0.1) is 0 Å². The number of carbonyl (C=O) groups excluding carboxylic acids is 1. The molecule has 0 bridgehead atoms. The quantitative estimate of drug-likeness (QED) is 0.799. The molecule has 0 unspecified atom stereocenters. The average Bonchev–Trinajstić information content (AvgIpc) is 3.19. The maximum Gasteiger partial charge on any atom is 0.237 e. The van der Waals surface area contributed by atoms with Crippen molar-refractivity contribution < 1.29 is 9.90 Å². The molecular weight excluding hydrogens is 306 g/mol. The Morgan fingerprint density at radius 3 is 2.75 bits per heavy atom. The molecule has 1 aromatic rings. The summed E-state index contributed by atoms with van der Waals surface area (Å²) in [6.07, 6.45) is 5.31. The van der Waals surface area contributed by atoms with Crippen molar-refractivity contribution in [1.82, 2.24) is 25.0 Å². The van der Waals surface area contributed by atoms with Gasteiger partial charge < -0.3 is 10.4 Å². The molecule has 134 valence electrons. The van der Waals surface area contributed by atoms with Gasteiger partial charge in [-0.1, -0.05) is 12.8 Å². The van der Waals surface area contributed by atoms with E-state index >= 15 is 0 Å². The highest BCUT2D eigenvalue weighted by Crippen LogP contribution is 2.32. The Bertz CT molecular complexity index is 565. The Hall–Kier alpha value is -1.47. The molecule has 1 atom stereocenters.